The summed E-state index contributed by atoms with van der Waals surface area (Å²) in [7, 11) is 0. The van der Waals surface area contributed by atoms with E-state index in [4.69, 9.17) is 4.74 Å². The van der Waals surface area contributed by atoms with E-state index in [-0.39, 0.29) is 24.0 Å². The topological polar surface area (TPSA) is 58.6 Å². The molecule has 0 aromatic heterocycles. The lowest BCUT2D eigenvalue weighted by molar-refractivity contribution is -0.149. The minimum absolute atomic E-state index is 0.180. The average molecular weight is 279 g/mol. The number of carbonyl (C=O) groups excluding carboxylic acids is 1. The summed E-state index contributed by atoms with van der Waals surface area (Å²) in [4.78, 5) is 11.8. The van der Waals surface area contributed by atoms with E-state index in [0.717, 1.165) is 5.56 Å². The van der Waals surface area contributed by atoms with Crippen LogP contribution in [0.15, 0.2) is 30.3 Å². The molecule has 0 bridgehead atoms. The fraction of sp³-hybridized carbons (Fsp3) is 0.562. The molecule has 0 heterocycles. The van der Waals surface area contributed by atoms with Crippen LogP contribution < -0.4 is 5.32 Å². The first-order valence-corrected chi connectivity index (χ1v) is 7.11. The highest BCUT2D eigenvalue weighted by Gasteiger charge is 2.16. The molecule has 0 radical (unpaired) electrons. The third kappa shape index (κ3) is 6.68. The Bertz CT molecular complexity index is 392. The van der Waals surface area contributed by atoms with Gasteiger partial charge >= 0.3 is 5.97 Å². The van der Waals surface area contributed by atoms with Gasteiger partial charge in [-0.25, -0.2) is 0 Å². The zero-order valence-electron chi connectivity index (χ0n) is 12.5. The van der Waals surface area contributed by atoms with Crippen molar-refractivity contribution in [3.63, 3.8) is 0 Å². The number of esters is 1. The van der Waals surface area contributed by atoms with Crippen LogP contribution in [0.4, 0.5) is 0 Å². The molecule has 0 aliphatic heterocycles. The van der Waals surface area contributed by atoms with Crippen LogP contribution in [0.5, 0.6) is 0 Å². The zero-order valence-corrected chi connectivity index (χ0v) is 12.5. The maximum absolute atomic E-state index is 11.8. The molecule has 1 rings (SSSR count). The fourth-order valence-electron chi connectivity index (χ4n) is 1.93. The summed E-state index contributed by atoms with van der Waals surface area (Å²) in [5.41, 5.74) is 0.989. The summed E-state index contributed by atoms with van der Waals surface area (Å²) in [6.45, 7) is 6.47. The Morgan fingerprint density at radius 2 is 1.90 bits per heavy atom. The Morgan fingerprint density at radius 3 is 2.50 bits per heavy atom. The van der Waals surface area contributed by atoms with E-state index in [9.17, 15) is 9.90 Å². The predicted molar refractivity (Wildman–Crippen MR) is 79.2 cm³/mol. The summed E-state index contributed by atoms with van der Waals surface area (Å²) >= 11 is 0. The minimum Gasteiger partial charge on any atom is -0.461 e. The summed E-state index contributed by atoms with van der Waals surface area (Å²) in [6, 6.07) is 9.82. The largest absolute Gasteiger partial charge is 0.461 e. The lowest BCUT2D eigenvalue weighted by atomic mass is 10.1. The second-order valence-electron chi connectivity index (χ2n) is 5.39. The van der Waals surface area contributed by atoms with Gasteiger partial charge in [-0.05, 0) is 25.8 Å². The monoisotopic (exact) mass is 279 g/mol. The number of aliphatic hydroxyl groups is 1. The van der Waals surface area contributed by atoms with Crippen molar-refractivity contribution in [1.82, 2.24) is 5.32 Å². The van der Waals surface area contributed by atoms with Crippen LogP contribution in [0.3, 0.4) is 0 Å². The van der Waals surface area contributed by atoms with Crippen molar-refractivity contribution >= 4 is 5.97 Å². The predicted octanol–water partition coefficient (Wildman–Crippen LogP) is 2.11. The van der Waals surface area contributed by atoms with E-state index in [1.807, 2.05) is 44.2 Å². The van der Waals surface area contributed by atoms with Crippen LogP contribution in [0.25, 0.3) is 0 Å². The number of hydrogen-bond acceptors (Lipinski definition) is 4. The van der Waals surface area contributed by atoms with Gasteiger partial charge in [0.2, 0.25) is 0 Å². The molecule has 1 aromatic rings. The Morgan fingerprint density at radius 1 is 1.25 bits per heavy atom. The molecule has 0 aliphatic rings. The summed E-state index contributed by atoms with van der Waals surface area (Å²) in [6.07, 6.45) is 0.337. The second-order valence-corrected chi connectivity index (χ2v) is 5.39. The SMILES string of the molecule is CC(O)CC(C)NCC(C)C(=O)OCc1ccccc1. The van der Waals surface area contributed by atoms with Gasteiger partial charge in [-0.1, -0.05) is 37.3 Å². The van der Waals surface area contributed by atoms with Crippen molar-refractivity contribution in [2.75, 3.05) is 6.54 Å². The van der Waals surface area contributed by atoms with Crippen molar-refractivity contribution in [3.05, 3.63) is 35.9 Å². The van der Waals surface area contributed by atoms with Crippen LogP contribution in [0.2, 0.25) is 0 Å². The second kappa shape index (κ2) is 8.72. The molecular formula is C16H25NO3. The summed E-state index contributed by atoms with van der Waals surface area (Å²) in [5.74, 6) is -0.402. The lowest BCUT2D eigenvalue weighted by Crippen LogP contribution is -2.35. The highest BCUT2D eigenvalue weighted by atomic mass is 16.5. The highest BCUT2D eigenvalue weighted by Crippen LogP contribution is 2.05. The molecular weight excluding hydrogens is 254 g/mol. The molecule has 4 heteroatoms. The quantitative estimate of drug-likeness (QED) is 0.716. The van der Waals surface area contributed by atoms with Gasteiger partial charge in [0.15, 0.2) is 0 Å². The molecule has 0 spiro atoms. The van der Waals surface area contributed by atoms with Crippen LogP contribution in [-0.2, 0) is 16.1 Å². The van der Waals surface area contributed by atoms with Gasteiger partial charge in [-0.2, -0.15) is 0 Å². The Balaban J connectivity index is 2.25. The first kappa shape index (κ1) is 16.7. The van der Waals surface area contributed by atoms with E-state index < -0.39 is 0 Å². The van der Waals surface area contributed by atoms with Crippen molar-refractivity contribution in [3.8, 4) is 0 Å². The molecule has 0 amide bonds. The molecule has 0 fully saturated rings. The minimum atomic E-state index is -0.335. The maximum atomic E-state index is 11.8. The van der Waals surface area contributed by atoms with Crippen molar-refractivity contribution < 1.29 is 14.6 Å². The maximum Gasteiger partial charge on any atom is 0.310 e. The normalized spacial score (nSPS) is 15.4. The number of rotatable bonds is 8. The van der Waals surface area contributed by atoms with Gasteiger partial charge in [-0.3, -0.25) is 4.79 Å². The molecule has 20 heavy (non-hydrogen) atoms. The molecule has 3 atom stereocenters. The van der Waals surface area contributed by atoms with Crippen molar-refractivity contribution in [2.45, 2.75) is 45.9 Å². The smallest absolute Gasteiger partial charge is 0.310 e. The Kier molecular flexibility index (Phi) is 7.26. The van der Waals surface area contributed by atoms with Crippen LogP contribution in [-0.4, -0.2) is 29.8 Å². The standard InChI is InChI=1S/C16H25NO3/c1-12(10-17-13(2)9-14(3)18)16(19)20-11-15-7-5-4-6-8-15/h4-8,12-14,17-18H,9-11H2,1-3H3. The summed E-state index contributed by atoms with van der Waals surface area (Å²) in [5, 5.41) is 12.5. The average Bonchev–Trinajstić information content (AvgIpc) is 2.42. The van der Waals surface area contributed by atoms with Gasteiger partial charge in [0.05, 0.1) is 12.0 Å². The molecule has 1 aromatic carbocycles. The molecule has 4 nitrogen and oxygen atoms in total. The molecule has 2 N–H and O–H groups in total. The molecule has 0 saturated heterocycles. The van der Waals surface area contributed by atoms with E-state index in [1.54, 1.807) is 6.92 Å². The van der Waals surface area contributed by atoms with Crippen LogP contribution in [0, 0.1) is 5.92 Å². The number of hydrogen-bond donors (Lipinski definition) is 2. The number of ether oxygens (including phenoxy) is 1. The highest BCUT2D eigenvalue weighted by molar-refractivity contribution is 5.72. The third-order valence-corrected chi connectivity index (χ3v) is 3.09. The first-order chi connectivity index (χ1) is 9.49. The Labute approximate surface area is 121 Å². The number of nitrogens with one attached hydrogen (secondary N) is 1. The first-order valence-electron chi connectivity index (χ1n) is 7.11. The van der Waals surface area contributed by atoms with E-state index in [0.29, 0.717) is 19.6 Å². The van der Waals surface area contributed by atoms with Gasteiger partial charge in [0, 0.05) is 12.6 Å². The van der Waals surface area contributed by atoms with E-state index >= 15 is 0 Å². The summed E-state index contributed by atoms with van der Waals surface area (Å²) < 4.78 is 5.27. The van der Waals surface area contributed by atoms with Gasteiger partial charge in [0.25, 0.3) is 0 Å². The number of aliphatic hydroxyl groups excluding tert-OH is 1. The Hall–Kier alpha value is -1.39. The van der Waals surface area contributed by atoms with Gasteiger partial charge < -0.3 is 15.2 Å². The van der Waals surface area contributed by atoms with Crippen LogP contribution >= 0.6 is 0 Å². The number of benzene rings is 1. The fourth-order valence-corrected chi connectivity index (χ4v) is 1.93. The van der Waals surface area contributed by atoms with Crippen molar-refractivity contribution in [1.29, 1.82) is 0 Å². The van der Waals surface area contributed by atoms with Crippen molar-refractivity contribution in [2.24, 2.45) is 5.92 Å². The molecule has 0 aliphatic carbocycles. The molecule has 0 saturated carbocycles. The lowest BCUT2D eigenvalue weighted by Gasteiger charge is -2.18. The van der Waals surface area contributed by atoms with E-state index in [2.05, 4.69) is 5.32 Å². The molecule has 112 valence electrons. The third-order valence-electron chi connectivity index (χ3n) is 3.09. The van der Waals surface area contributed by atoms with Gasteiger partial charge in [0.1, 0.15) is 6.61 Å². The van der Waals surface area contributed by atoms with Crippen LogP contribution in [0.1, 0.15) is 32.8 Å². The zero-order chi connectivity index (χ0) is 15.0. The molecule has 3 unspecified atom stereocenters. The van der Waals surface area contributed by atoms with Gasteiger partial charge in [-0.15, -0.1) is 0 Å². The van der Waals surface area contributed by atoms with E-state index in [1.165, 1.54) is 0 Å². The number of carbonyl (C=O) groups is 1.